The highest BCUT2D eigenvalue weighted by Gasteiger charge is 2.23. The summed E-state index contributed by atoms with van der Waals surface area (Å²) in [6.07, 6.45) is 3.60. The number of amides is 1. The lowest BCUT2D eigenvalue weighted by Crippen LogP contribution is -2.50. The Morgan fingerprint density at radius 3 is 2.33 bits per heavy atom. The topological polar surface area (TPSA) is 36.0 Å². The minimum absolute atomic E-state index is 0.313. The molecule has 132 valence electrons. The van der Waals surface area contributed by atoms with Crippen molar-refractivity contribution in [1.82, 2.24) is 14.7 Å². The monoisotopic (exact) mass is 331 g/mol. The first-order valence-corrected chi connectivity index (χ1v) is 9.10. The van der Waals surface area contributed by atoms with Gasteiger partial charge in [0.2, 0.25) is 5.91 Å². The van der Waals surface area contributed by atoms with Crippen molar-refractivity contribution in [1.29, 1.82) is 0 Å². The van der Waals surface area contributed by atoms with Crippen LogP contribution in [-0.2, 0) is 11.3 Å². The van der Waals surface area contributed by atoms with Gasteiger partial charge in [-0.1, -0.05) is 18.2 Å². The van der Waals surface area contributed by atoms with E-state index in [4.69, 9.17) is 4.74 Å². The van der Waals surface area contributed by atoms with Crippen LogP contribution in [0.1, 0.15) is 24.8 Å². The van der Waals surface area contributed by atoms with E-state index in [2.05, 4.69) is 21.9 Å². The zero-order chi connectivity index (χ0) is 16.8. The normalized spacial score (nSPS) is 20.1. The number of likely N-dealkylation sites (tertiary alicyclic amines) is 1. The summed E-state index contributed by atoms with van der Waals surface area (Å²) in [7, 11) is 1.73. The Kier molecular flexibility index (Phi) is 6.10. The van der Waals surface area contributed by atoms with Crippen LogP contribution < -0.4 is 4.74 Å². The van der Waals surface area contributed by atoms with Crippen molar-refractivity contribution in [2.24, 2.45) is 0 Å². The molecule has 0 aromatic heterocycles. The predicted molar refractivity (Wildman–Crippen MR) is 95.1 cm³/mol. The molecular weight excluding hydrogens is 302 g/mol. The molecular formula is C19H29N3O2. The zero-order valence-corrected chi connectivity index (χ0v) is 14.7. The van der Waals surface area contributed by atoms with Crippen molar-refractivity contribution in [3.8, 4) is 5.75 Å². The van der Waals surface area contributed by atoms with Crippen molar-refractivity contribution in [3.63, 3.8) is 0 Å². The molecule has 1 amide bonds. The molecule has 3 rings (SSSR count). The van der Waals surface area contributed by atoms with Gasteiger partial charge < -0.3 is 9.64 Å². The molecule has 1 aromatic carbocycles. The first-order valence-electron chi connectivity index (χ1n) is 9.10. The number of nitrogens with zero attached hydrogens (tertiary/aromatic N) is 3. The molecule has 0 bridgehead atoms. The fraction of sp³-hybridized carbons (Fsp3) is 0.632. The Morgan fingerprint density at radius 1 is 0.958 bits per heavy atom. The van der Waals surface area contributed by atoms with E-state index in [0.29, 0.717) is 12.5 Å². The van der Waals surface area contributed by atoms with Crippen LogP contribution >= 0.6 is 0 Å². The van der Waals surface area contributed by atoms with Crippen molar-refractivity contribution >= 4 is 5.91 Å². The van der Waals surface area contributed by atoms with Gasteiger partial charge in [0.05, 0.1) is 13.7 Å². The third-order valence-corrected chi connectivity index (χ3v) is 5.12. The minimum atomic E-state index is 0.313. The maximum atomic E-state index is 12.4. The van der Waals surface area contributed by atoms with Gasteiger partial charge in [-0.15, -0.1) is 0 Å². The van der Waals surface area contributed by atoms with Gasteiger partial charge >= 0.3 is 0 Å². The second kappa shape index (κ2) is 8.49. The second-order valence-electron chi connectivity index (χ2n) is 6.81. The Hall–Kier alpha value is -1.59. The van der Waals surface area contributed by atoms with Crippen LogP contribution in [0, 0.1) is 0 Å². The number of hydrogen-bond acceptors (Lipinski definition) is 4. The summed E-state index contributed by atoms with van der Waals surface area (Å²) in [6, 6.07) is 8.21. The molecule has 0 unspecified atom stereocenters. The average molecular weight is 331 g/mol. The molecule has 2 saturated heterocycles. The molecule has 2 aliphatic rings. The Morgan fingerprint density at radius 2 is 1.62 bits per heavy atom. The number of piperazine rings is 1. The molecule has 0 radical (unpaired) electrons. The molecule has 0 spiro atoms. The van der Waals surface area contributed by atoms with Crippen LogP contribution in [0.25, 0.3) is 0 Å². The lowest BCUT2D eigenvalue weighted by atomic mass is 10.1. The van der Waals surface area contributed by atoms with E-state index in [9.17, 15) is 4.79 Å². The van der Waals surface area contributed by atoms with Gasteiger partial charge in [0, 0.05) is 51.4 Å². The van der Waals surface area contributed by atoms with Crippen LogP contribution in [0.3, 0.4) is 0 Å². The SMILES string of the molecule is COc1ccccc1CN1CCN(CC(=O)N2CCCCC2)CC1. The van der Waals surface area contributed by atoms with E-state index in [1.165, 1.54) is 24.8 Å². The second-order valence-corrected chi connectivity index (χ2v) is 6.81. The van der Waals surface area contributed by atoms with E-state index in [1.54, 1.807) is 7.11 Å². The molecule has 5 heteroatoms. The van der Waals surface area contributed by atoms with Crippen LogP contribution in [0.4, 0.5) is 0 Å². The number of ether oxygens (including phenoxy) is 1. The van der Waals surface area contributed by atoms with Crippen molar-refractivity contribution in [2.75, 3.05) is 52.9 Å². The van der Waals surface area contributed by atoms with Gasteiger partial charge in [0.15, 0.2) is 0 Å². The smallest absolute Gasteiger partial charge is 0.236 e. The molecule has 0 saturated carbocycles. The van der Waals surface area contributed by atoms with E-state index >= 15 is 0 Å². The first kappa shape index (κ1) is 17.2. The number of rotatable bonds is 5. The van der Waals surface area contributed by atoms with Gasteiger partial charge in [-0.05, 0) is 25.3 Å². The van der Waals surface area contributed by atoms with E-state index in [0.717, 1.165) is 51.6 Å². The van der Waals surface area contributed by atoms with Crippen LogP contribution in [0.5, 0.6) is 5.75 Å². The third kappa shape index (κ3) is 4.48. The third-order valence-electron chi connectivity index (χ3n) is 5.12. The first-order chi connectivity index (χ1) is 11.8. The highest BCUT2D eigenvalue weighted by atomic mass is 16.5. The standard InChI is InChI=1S/C19H29N3O2/c1-24-18-8-4-3-7-17(18)15-20-11-13-21(14-12-20)16-19(23)22-9-5-2-6-10-22/h3-4,7-8H,2,5-6,9-16H2,1H3. The largest absolute Gasteiger partial charge is 0.496 e. The van der Waals surface area contributed by atoms with E-state index in [1.807, 2.05) is 17.0 Å². The number of carbonyl (C=O) groups excluding carboxylic acids is 1. The fourth-order valence-electron chi connectivity index (χ4n) is 3.61. The molecule has 2 aliphatic heterocycles. The molecule has 2 heterocycles. The summed E-state index contributed by atoms with van der Waals surface area (Å²) >= 11 is 0. The summed E-state index contributed by atoms with van der Waals surface area (Å²) in [4.78, 5) is 19.2. The number of piperidine rings is 1. The number of benzene rings is 1. The van der Waals surface area contributed by atoms with Crippen LogP contribution in [0.2, 0.25) is 0 Å². The van der Waals surface area contributed by atoms with Gasteiger partial charge in [-0.25, -0.2) is 0 Å². The molecule has 2 fully saturated rings. The van der Waals surface area contributed by atoms with E-state index in [-0.39, 0.29) is 0 Å². The quantitative estimate of drug-likeness (QED) is 0.825. The summed E-state index contributed by atoms with van der Waals surface area (Å²) in [5, 5.41) is 0. The van der Waals surface area contributed by atoms with Crippen molar-refractivity contribution in [3.05, 3.63) is 29.8 Å². The molecule has 1 aromatic rings. The highest BCUT2D eigenvalue weighted by molar-refractivity contribution is 5.78. The maximum absolute atomic E-state index is 12.4. The van der Waals surface area contributed by atoms with Crippen molar-refractivity contribution < 1.29 is 9.53 Å². The van der Waals surface area contributed by atoms with Gasteiger partial charge in [-0.2, -0.15) is 0 Å². The van der Waals surface area contributed by atoms with Gasteiger partial charge in [-0.3, -0.25) is 14.6 Å². The highest BCUT2D eigenvalue weighted by Crippen LogP contribution is 2.20. The van der Waals surface area contributed by atoms with Gasteiger partial charge in [0.1, 0.15) is 5.75 Å². The van der Waals surface area contributed by atoms with E-state index < -0.39 is 0 Å². The summed E-state index contributed by atoms with van der Waals surface area (Å²) < 4.78 is 5.44. The average Bonchev–Trinajstić information content (AvgIpc) is 2.64. The number of methoxy groups -OCH3 is 1. The fourth-order valence-corrected chi connectivity index (χ4v) is 3.61. The summed E-state index contributed by atoms with van der Waals surface area (Å²) in [5.41, 5.74) is 1.23. The molecule has 0 atom stereocenters. The van der Waals surface area contributed by atoms with Gasteiger partial charge in [0.25, 0.3) is 0 Å². The Labute approximate surface area is 145 Å². The Bertz CT molecular complexity index is 535. The number of para-hydroxylation sites is 1. The minimum Gasteiger partial charge on any atom is -0.496 e. The molecule has 0 N–H and O–H groups in total. The number of hydrogen-bond donors (Lipinski definition) is 0. The zero-order valence-electron chi connectivity index (χ0n) is 14.7. The lowest BCUT2D eigenvalue weighted by Gasteiger charge is -2.36. The number of carbonyl (C=O) groups is 1. The van der Waals surface area contributed by atoms with Crippen LogP contribution in [0.15, 0.2) is 24.3 Å². The molecule has 24 heavy (non-hydrogen) atoms. The Balaban J connectivity index is 1.44. The lowest BCUT2D eigenvalue weighted by molar-refractivity contribution is -0.133. The summed E-state index contributed by atoms with van der Waals surface area (Å²) in [5.74, 6) is 1.27. The summed E-state index contributed by atoms with van der Waals surface area (Å²) in [6.45, 7) is 7.35. The van der Waals surface area contributed by atoms with Crippen LogP contribution in [-0.4, -0.2) is 73.5 Å². The van der Waals surface area contributed by atoms with Crippen molar-refractivity contribution in [2.45, 2.75) is 25.8 Å². The predicted octanol–water partition coefficient (Wildman–Crippen LogP) is 1.83. The molecule has 5 nitrogen and oxygen atoms in total. The molecule has 0 aliphatic carbocycles. The maximum Gasteiger partial charge on any atom is 0.236 e.